The second-order valence-electron chi connectivity index (χ2n) is 7.36. The summed E-state index contributed by atoms with van der Waals surface area (Å²) in [6, 6.07) is 7.55. The van der Waals surface area contributed by atoms with E-state index in [9.17, 15) is 4.79 Å². The summed E-state index contributed by atoms with van der Waals surface area (Å²) in [7, 11) is 0. The Morgan fingerprint density at radius 2 is 2.17 bits per heavy atom. The summed E-state index contributed by atoms with van der Waals surface area (Å²) in [5.41, 5.74) is 2.64. The van der Waals surface area contributed by atoms with Gasteiger partial charge in [-0.1, -0.05) is 15.7 Å². The first-order valence-corrected chi connectivity index (χ1v) is 10.4. The number of fused-ring (bicyclic) bond motifs is 1. The number of nitrogens with zero attached hydrogens (tertiary/aromatic N) is 4. The summed E-state index contributed by atoms with van der Waals surface area (Å²) in [5, 5.41) is 8.32. The van der Waals surface area contributed by atoms with Gasteiger partial charge < -0.3 is 18.9 Å². The van der Waals surface area contributed by atoms with Crippen molar-refractivity contribution in [2.24, 2.45) is 0 Å². The molecular formula is C20H20N4O4S. The number of carbonyl (C=O) groups is 1. The van der Waals surface area contributed by atoms with Crippen LogP contribution in [0.15, 0.2) is 28.8 Å². The number of ether oxygens (including phenoxy) is 2. The fourth-order valence-electron chi connectivity index (χ4n) is 3.87. The molecule has 8 nitrogen and oxygen atoms in total. The smallest absolute Gasteiger partial charge is 0.231 e. The molecule has 0 spiro atoms. The third kappa shape index (κ3) is 3.57. The molecule has 1 atom stereocenters. The first-order chi connectivity index (χ1) is 14.2. The molecule has 9 heteroatoms. The van der Waals surface area contributed by atoms with Crippen LogP contribution in [0.25, 0.3) is 10.6 Å². The van der Waals surface area contributed by atoms with Crippen molar-refractivity contribution in [3.05, 3.63) is 41.2 Å². The van der Waals surface area contributed by atoms with Crippen molar-refractivity contribution in [2.75, 3.05) is 19.9 Å². The lowest BCUT2D eigenvalue weighted by atomic mass is 9.93. The highest BCUT2D eigenvalue weighted by atomic mass is 32.1. The van der Waals surface area contributed by atoms with E-state index in [0.29, 0.717) is 24.5 Å². The van der Waals surface area contributed by atoms with Crippen LogP contribution in [0.1, 0.15) is 35.7 Å². The van der Waals surface area contributed by atoms with Gasteiger partial charge in [-0.2, -0.15) is 0 Å². The van der Waals surface area contributed by atoms with Gasteiger partial charge in [-0.05, 0) is 49.0 Å². The lowest BCUT2D eigenvalue weighted by Gasteiger charge is -2.32. The number of likely N-dealkylation sites (tertiary alicyclic amines) is 1. The topological polar surface area (TPSA) is 90.6 Å². The van der Waals surface area contributed by atoms with Gasteiger partial charge in [0.05, 0.1) is 17.8 Å². The number of hydrogen-bond donors (Lipinski definition) is 0. The molecule has 2 aromatic heterocycles. The zero-order valence-electron chi connectivity index (χ0n) is 16.0. The summed E-state index contributed by atoms with van der Waals surface area (Å²) in [4.78, 5) is 15.8. The van der Waals surface area contributed by atoms with E-state index in [0.717, 1.165) is 47.0 Å². The lowest BCUT2D eigenvalue weighted by molar-refractivity contribution is -0.131. The molecule has 5 rings (SSSR count). The van der Waals surface area contributed by atoms with Crippen LogP contribution < -0.4 is 9.47 Å². The molecule has 0 saturated carbocycles. The number of rotatable bonds is 4. The van der Waals surface area contributed by atoms with Gasteiger partial charge in [-0.3, -0.25) is 4.79 Å². The van der Waals surface area contributed by atoms with Gasteiger partial charge in [0.2, 0.25) is 12.7 Å². The van der Waals surface area contributed by atoms with Crippen molar-refractivity contribution in [1.29, 1.82) is 0 Å². The average Bonchev–Trinajstić information content (AvgIpc) is 3.47. The summed E-state index contributed by atoms with van der Waals surface area (Å²) in [6.45, 7) is 3.51. The average molecular weight is 412 g/mol. The Labute approximate surface area is 171 Å². The quantitative estimate of drug-likeness (QED) is 0.650. The Bertz CT molecular complexity index is 1050. The molecule has 0 aliphatic carbocycles. The minimum Gasteiger partial charge on any atom is -0.454 e. The molecule has 0 radical (unpaired) electrons. The minimum absolute atomic E-state index is 0.105. The number of aromatic nitrogens is 3. The molecule has 150 valence electrons. The predicted molar refractivity (Wildman–Crippen MR) is 105 cm³/mol. The largest absolute Gasteiger partial charge is 0.454 e. The van der Waals surface area contributed by atoms with Crippen molar-refractivity contribution in [1.82, 2.24) is 19.6 Å². The standard InChI is InChI=1S/C20H20N4O4S/c1-12-7-17(28-22-12)20-19(21-23-29-20)14-3-2-6-24(10-14)18(25)9-13-4-5-15-16(8-13)27-11-26-15/h4-5,7-8,14H,2-3,6,9-11H2,1H3. The molecule has 0 N–H and O–H groups in total. The van der Waals surface area contributed by atoms with Crippen molar-refractivity contribution >= 4 is 17.4 Å². The Kier molecular flexibility index (Phi) is 4.67. The second-order valence-corrected chi connectivity index (χ2v) is 8.12. The third-order valence-electron chi connectivity index (χ3n) is 5.32. The number of amides is 1. The summed E-state index contributed by atoms with van der Waals surface area (Å²) in [6.07, 6.45) is 2.25. The number of piperidine rings is 1. The van der Waals surface area contributed by atoms with Crippen molar-refractivity contribution < 1.29 is 18.8 Å². The number of aryl methyl sites for hydroxylation is 1. The highest BCUT2D eigenvalue weighted by Gasteiger charge is 2.30. The van der Waals surface area contributed by atoms with Crippen LogP contribution in [0, 0.1) is 6.92 Å². The fourth-order valence-corrected chi connectivity index (χ4v) is 4.57. The summed E-state index contributed by atoms with van der Waals surface area (Å²) in [5.74, 6) is 2.37. The molecule has 4 heterocycles. The number of carbonyl (C=O) groups excluding carboxylic acids is 1. The van der Waals surface area contributed by atoms with Gasteiger partial charge in [0.15, 0.2) is 17.3 Å². The molecule has 1 aromatic carbocycles. The van der Waals surface area contributed by atoms with Crippen LogP contribution in [0.4, 0.5) is 0 Å². The van der Waals surface area contributed by atoms with Crippen LogP contribution in [0.3, 0.4) is 0 Å². The first-order valence-electron chi connectivity index (χ1n) is 9.59. The summed E-state index contributed by atoms with van der Waals surface area (Å²) < 4.78 is 20.3. The van der Waals surface area contributed by atoms with E-state index in [4.69, 9.17) is 14.0 Å². The zero-order chi connectivity index (χ0) is 19.8. The normalized spacial score (nSPS) is 18.2. The van der Waals surface area contributed by atoms with Crippen molar-refractivity contribution in [3.63, 3.8) is 0 Å². The van der Waals surface area contributed by atoms with E-state index in [1.165, 1.54) is 11.5 Å². The van der Waals surface area contributed by atoms with Crippen LogP contribution in [0.2, 0.25) is 0 Å². The molecule has 1 amide bonds. The minimum atomic E-state index is 0.105. The van der Waals surface area contributed by atoms with Gasteiger partial charge in [-0.15, -0.1) is 5.10 Å². The maximum atomic E-state index is 12.9. The van der Waals surface area contributed by atoms with Gasteiger partial charge in [0.25, 0.3) is 0 Å². The predicted octanol–water partition coefficient (Wildman–Crippen LogP) is 3.18. The molecular weight excluding hydrogens is 392 g/mol. The number of benzene rings is 1. The van der Waals surface area contributed by atoms with E-state index < -0.39 is 0 Å². The van der Waals surface area contributed by atoms with Crippen LogP contribution >= 0.6 is 11.5 Å². The molecule has 29 heavy (non-hydrogen) atoms. The molecule has 1 unspecified atom stereocenters. The van der Waals surface area contributed by atoms with Crippen LogP contribution in [-0.2, 0) is 11.2 Å². The maximum Gasteiger partial charge on any atom is 0.231 e. The van der Waals surface area contributed by atoms with Crippen LogP contribution in [0.5, 0.6) is 11.5 Å². The van der Waals surface area contributed by atoms with E-state index in [1.54, 1.807) is 0 Å². The zero-order valence-corrected chi connectivity index (χ0v) is 16.8. The molecule has 1 saturated heterocycles. The van der Waals surface area contributed by atoms with Crippen LogP contribution in [-0.4, -0.2) is 45.4 Å². The molecule has 1 fully saturated rings. The van der Waals surface area contributed by atoms with Crippen molar-refractivity contribution in [2.45, 2.75) is 32.1 Å². The third-order valence-corrected chi connectivity index (χ3v) is 6.07. The Balaban J connectivity index is 1.30. The van der Waals surface area contributed by atoms with Gasteiger partial charge >= 0.3 is 0 Å². The highest BCUT2D eigenvalue weighted by molar-refractivity contribution is 7.09. The van der Waals surface area contributed by atoms with E-state index >= 15 is 0 Å². The maximum absolute atomic E-state index is 12.9. The highest BCUT2D eigenvalue weighted by Crippen LogP contribution is 2.36. The van der Waals surface area contributed by atoms with Gasteiger partial charge in [0.1, 0.15) is 4.88 Å². The number of hydrogen-bond acceptors (Lipinski definition) is 8. The molecule has 2 aliphatic heterocycles. The summed E-state index contributed by atoms with van der Waals surface area (Å²) >= 11 is 1.31. The molecule has 2 aliphatic rings. The van der Waals surface area contributed by atoms with Gasteiger partial charge in [0, 0.05) is 25.1 Å². The molecule has 3 aromatic rings. The Hall–Kier alpha value is -2.94. The van der Waals surface area contributed by atoms with Gasteiger partial charge in [-0.25, -0.2) is 0 Å². The molecule has 0 bridgehead atoms. The Morgan fingerprint density at radius 1 is 1.28 bits per heavy atom. The first kappa shape index (κ1) is 18.1. The SMILES string of the molecule is Cc1cc(-c2snnc2C2CCCN(C(=O)Cc3ccc4c(c3)OCO4)C2)on1. The van der Waals surface area contributed by atoms with E-state index in [1.807, 2.05) is 36.1 Å². The fraction of sp³-hybridized carbons (Fsp3) is 0.400. The van der Waals surface area contributed by atoms with Crippen molar-refractivity contribution in [3.8, 4) is 22.1 Å². The monoisotopic (exact) mass is 412 g/mol. The lowest BCUT2D eigenvalue weighted by Crippen LogP contribution is -2.40. The van der Waals surface area contributed by atoms with E-state index in [2.05, 4.69) is 14.7 Å². The second kappa shape index (κ2) is 7.47. The Morgan fingerprint density at radius 3 is 3.03 bits per heavy atom. The van der Waals surface area contributed by atoms with E-state index in [-0.39, 0.29) is 18.6 Å².